The zero-order valence-electron chi connectivity index (χ0n) is 19.2. The summed E-state index contributed by atoms with van der Waals surface area (Å²) in [6.07, 6.45) is 2.03. The highest BCUT2D eigenvalue weighted by atomic mass is 79.9. The topological polar surface area (TPSA) is 76.7 Å². The van der Waals surface area contributed by atoms with E-state index in [1.54, 1.807) is 14.2 Å². The van der Waals surface area contributed by atoms with Crippen molar-refractivity contribution in [2.45, 2.75) is 39.0 Å². The Balaban J connectivity index is 1.87. The summed E-state index contributed by atoms with van der Waals surface area (Å²) in [5.41, 5.74) is 5.28. The van der Waals surface area contributed by atoms with E-state index in [2.05, 4.69) is 26.6 Å². The van der Waals surface area contributed by atoms with E-state index in [4.69, 9.17) is 9.47 Å². The fourth-order valence-electron chi connectivity index (χ4n) is 4.59. The molecule has 1 aliphatic carbocycles. The Morgan fingerprint density at radius 1 is 1.09 bits per heavy atom. The monoisotopic (exact) mass is 510 g/mol. The van der Waals surface area contributed by atoms with Crippen molar-refractivity contribution in [3.63, 3.8) is 0 Å². The minimum Gasteiger partial charge on any atom is -0.493 e. The van der Waals surface area contributed by atoms with Crippen molar-refractivity contribution in [2.75, 3.05) is 19.5 Å². The van der Waals surface area contributed by atoms with E-state index in [0.717, 1.165) is 45.5 Å². The summed E-state index contributed by atoms with van der Waals surface area (Å²) >= 11 is 3.65. The molecule has 2 N–H and O–H groups in total. The number of para-hydroxylation sites is 1. The maximum absolute atomic E-state index is 13.7. The van der Waals surface area contributed by atoms with Gasteiger partial charge in [-0.25, -0.2) is 0 Å². The molecule has 2 aromatic rings. The van der Waals surface area contributed by atoms with Crippen molar-refractivity contribution >= 4 is 33.3 Å². The SMILES string of the molecule is COc1cc(Br)c([C@H]2C(C(=O)Nc3ccccc3C)=C(C)NC3=C2C(=O)CCC3)cc1OC. The molecule has 33 heavy (non-hydrogen) atoms. The van der Waals surface area contributed by atoms with Crippen molar-refractivity contribution in [1.82, 2.24) is 5.32 Å². The van der Waals surface area contributed by atoms with Crippen molar-refractivity contribution in [1.29, 1.82) is 0 Å². The lowest BCUT2D eigenvalue weighted by molar-refractivity contribution is -0.116. The van der Waals surface area contributed by atoms with Crippen molar-refractivity contribution in [3.8, 4) is 11.5 Å². The molecule has 0 saturated carbocycles. The fourth-order valence-corrected chi connectivity index (χ4v) is 5.14. The highest BCUT2D eigenvalue weighted by Crippen LogP contribution is 2.47. The number of ketones is 1. The van der Waals surface area contributed by atoms with Gasteiger partial charge in [-0.3, -0.25) is 9.59 Å². The van der Waals surface area contributed by atoms with Gasteiger partial charge in [0.1, 0.15) is 0 Å². The number of ether oxygens (including phenoxy) is 2. The van der Waals surface area contributed by atoms with Crippen LogP contribution in [0.1, 0.15) is 43.2 Å². The van der Waals surface area contributed by atoms with E-state index in [0.29, 0.717) is 29.1 Å². The van der Waals surface area contributed by atoms with Crippen LogP contribution in [0.2, 0.25) is 0 Å². The molecule has 1 atom stereocenters. The van der Waals surface area contributed by atoms with Crippen LogP contribution in [-0.2, 0) is 9.59 Å². The lowest BCUT2D eigenvalue weighted by Crippen LogP contribution is -2.35. The average Bonchev–Trinajstić information content (AvgIpc) is 2.79. The van der Waals surface area contributed by atoms with Crippen LogP contribution in [0.4, 0.5) is 5.69 Å². The Kier molecular flexibility index (Phi) is 6.61. The van der Waals surface area contributed by atoms with Gasteiger partial charge < -0.3 is 20.1 Å². The molecule has 1 aliphatic heterocycles. The van der Waals surface area contributed by atoms with Crippen LogP contribution in [0.25, 0.3) is 0 Å². The smallest absolute Gasteiger partial charge is 0.254 e. The molecule has 1 heterocycles. The third-order valence-electron chi connectivity index (χ3n) is 6.23. The number of allylic oxidation sites excluding steroid dienone is 3. The quantitative estimate of drug-likeness (QED) is 0.564. The number of methoxy groups -OCH3 is 2. The lowest BCUT2D eigenvalue weighted by atomic mass is 9.75. The molecule has 172 valence electrons. The van der Waals surface area contributed by atoms with Gasteiger partial charge in [-0.05, 0) is 56.0 Å². The first-order valence-corrected chi connectivity index (χ1v) is 11.7. The second kappa shape index (κ2) is 9.43. The number of aryl methyl sites for hydroxylation is 1. The van der Waals surface area contributed by atoms with E-state index in [1.165, 1.54) is 0 Å². The minimum atomic E-state index is -0.535. The predicted octanol–water partition coefficient (Wildman–Crippen LogP) is 5.38. The third kappa shape index (κ3) is 4.29. The van der Waals surface area contributed by atoms with Crippen molar-refractivity contribution in [2.24, 2.45) is 0 Å². The van der Waals surface area contributed by atoms with Gasteiger partial charge in [0.15, 0.2) is 17.3 Å². The minimum absolute atomic E-state index is 0.0594. The van der Waals surface area contributed by atoms with Gasteiger partial charge in [-0.2, -0.15) is 0 Å². The van der Waals surface area contributed by atoms with Gasteiger partial charge in [-0.15, -0.1) is 0 Å². The summed E-state index contributed by atoms with van der Waals surface area (Å²) in [4.78, 5) is 26.8. The van der Waals surface area contributed by atoms with E-state index in [-0.39, 0.29) is 11.7 Å². The summed E-state index contributed by atoms with van der Waals surface area (Å²) in [6, 6.07) is 11.3. The first-order chi connectivity index (χ1) is 15.8. The molecule has 7 heteroatoms. The third-order valence-corrected chi connectivity index (χ3v) is 6.91. The Morgan fingerprint density at radius 3 is 2.48 bits per heavy atom. The number of anilines is 1. The molecule has 0 saturated heterocycles. The predicted molar refractivity (Wildman–Crippen MR) is 132 cm³/mol. The normalized spacial score (nSPS) is 18.0. The molecule has 6 nitrogen and oxygen atoms in total. The average molecular weight is 511 g/mol. The maximum atomic E-state index is 13.7. The van der Waals surface area contributed by atoms with E-state index in [9.17, 15) is 9.59 Å². The van der Waals surface area contributed by atoms with E-state index >= 15 is 0 Å². The van der Waals surface area contributed by atoms with Crippen molar-refractivity contribution in [3.05, 3.63) is 74.5 Å². The van der Waals surface area contributed by atoms with E-state index < -0.39 is 5.92 Å². The van der Waals surface area contributed by atoms with Gasteiger partial charge in [0.2, 0.25) is 0 Å². The van der Waals surface area contributed by atoms with E-state index in [1.807, 2.05) is 50.2 Å². The van der Waals surface area contributed by atoms with Gasteiger partial charge >= 0.3 is 0 Å². The van der Waals surface area contributed by atoms with Gasteiger partial charge in [0.05, 0.1) is 14.2 Å². The van der Waals surface area contributed by atoms with Crippen LogP contribution in [0.5, 0.6) is 11.5 Å². The lowest BCUT2D eigenvalue weighted by Gasteiger charge is -2.35. The zero-order chi connectivity index (χ0) is 23.7. The molecule has 0 spiro atoms. The Labute approximate surface area is 202 Å². The standard InChI is InChI=1S/C26H27BrN2O4/c1-14-8-5-6-9-18(14)29-26(31)23-15(2)28-19-10-7-11-20(30)25(19)24(23)16-12-21(32-3)22(33-4)13-17(16)27/h5-6,8-9,12-13,24,28H,7,10-11H2,1-4H3,(H,29,31)/t24-/m0/s1. The summed E-state index contributed by atoms with van der Waals surface area (Å²) in [5, 5.41) is 6.41. The number of benzene rings is 2. The highest BCUT2D eigenvalue weighted by molar-refractivity contribution is 9.10. The Hall–Kier alpha value is -3.06. The molecule has 2 aliphatic rings. The molecular weight excluding hydrogens is 484 g/mol. The number of rotatable bonds is 5. The molecule has 0 aromatic heterocycles. The summed E-state index contributed by atoms with van der Waals surface area (Å²) in [5.74, 6) is 0.385. The molecule has 0 bridgehead atoms. The molecule has 0 radical (unpaired) electrons. The van der Waals surface area contributed by atoms with Crippen LogP contribution in [-0.4, -0.2) is 25.9 Å². The molecule has 2 aromatic carbocycles. The van der Waals surface area contributed by atoms with Gasteiger partial charge in [0.25, 0.3) is 5.91 Å². The molecule has 0 fully saturated rings. The first kappa shape index (κ1) is 23.1. The number of dihydropyridines is 1. The summed E-state index contributed by atoms with van der Waals surface area (Å²) in [6.45, 7) is 3.83. The fraction of sp³-hybridized carbons (Fsp3) is 0.308. The number of carbonyl (C=O) groups is 2. The molecule has 4 rings (SSSR count). The zero-order valence-corrected chi connectivity index (χ0v) is 20.8. The number of nitrogens with one attached hydrogen (secondary N) is 2. The first-order valence-electron chi connectivity index (χ1n) is 10.9. The highest BCUT2D eigenvalue weighted by Gasteiger charge is 2.39. The Morgan fingerprint density at radius 2 is 1.79 bits per heavy atom. The van der Waals surface area contributed by atoms with Crippen molar-refractivity contribution < 1.29 is 19.1 Å². The summed E-state index contributed by atoms with van der Waals surface area (Å²) < 4.78 is 11.7. The molecular formula is C26H27BrN2O4. The van der Waals surface area contributed by atoms with Crippen LogP contribution in [0.15, 0.2) is 63.4 Å². The second-order valence-electron chi connectivity index (χ2n) is 8.26. The Bertz CT molecular complexity index is 1200. The number of amides is 1. The number of hydrogen-bond donors (Lipinski definition) is 2. The molecule has 1 amide bonds. The van der Waals surface area contributed by atoms with Crippen LogP contribution in [0.3, 0.4) is 0 Å². The van der Waals surface area contributed by atoms with Crippen LogP contribution < -0.4 is 20.1 Å². The number of hydrogen-bond acceptors (Lipinski definition) is 5. The summed E-state index contributed by atoms with van der Waals surface area (Å²) in [7, 11) is 3.15. The van der Waals surface area contributed by atoms with Gasteiger partial charge in [0, 0.05) is 45.0 Å². The number of carbonyl (C=O) groups excluding carboxylic acids is 2. The van der Waals surface area contributed by atoms with Crippen LogP contribution >= 0.6 is 15.9 Å². The van der Waals surface area contributed by atoms with Crippen LogP contribution in [0, 0.1) is 6.92 Å². The van der Waals surface area contributed by atoms with Gasteiger partial charge in [-0.1, -0.05) is 34.1 Å². The number of halogens is 1. The number of Topliss-reactive ketones (excluding diaryl/α,β-unsaturated/α-hetero) is 1. The second-order valence-corrected chi connectivity index (χ2v) is 9.12. The largest absolute Gasteiger partial charge is 0.493 e. The maximum Gasteiger partial charge on any atom is 0.254 e. The molecule has 0 unspecified atom stereocenters.